The molecule has 0 spiro atoms. The van der Waals surface area contributed by atoms with Crippen LogP contribution < -0.4 is 11.1 Å². The number of aliphatic hydroxyl groups excluding tert-OH is 1. The largest absolute Gasteiger partial charge is 0.463 e. The molecular formula is C14H20N2O5. The summed E-state index contributed by atoms with van der Waals surface area (Å²) in [5.74, 6) is -1.53. The Hall–Kier alpha value is -1.96. The van der Waals surface area contributed by atoms with Crippen molar-refractivity contribution in [3.8, 4) is 0 Å². The first-order valence-corrected chi connectivity index (χ1v) is 6.60. The number of rotatable bonds is 9. The fourth-order valence-corrected chi connectivity index (χ4v) is 1.53. The summed E-state index contributed by atoms with van der Waals surface area (Å²) in [6.07, 6.45) is 0. The molecule has 0 bridgehead atoms. The van der Waals surface area contributed by atoms with Crippen molar-refractivity contribution in [3.05, 3.63) is 35.9 Å². The summed E-state index contributed by atoms with van der Waals surface area (Å²) in [7, 11) is 0. The highest BCUT2D eigenvalue weighted by Crippen LogP contribution is 2.03. The van der Waals surface area contributed by atoms with Crippen molar-refractivity contribution >= 4 is 11.9 Å². The maximum Gasteiger partial charge on any atom is 0.335 e. The zero-order chi connectivity index (χ0) is 15.5. The maximum atomic E-state index is 11.9. The number of esters is 2. The lowest BCUT2D eigenvalue weighted by Gasteiger charge is -2.16. The van der Waals surface area contributed by atoms with Crippen LogP contribution in [0.2, 0.25) is 0 Å². The number of hydrogen-bond acceptors (Lipinski definition) is 7. The van der Waals surface area contributed by atoms with Crippen LogP contribution in [0.15, 0.2) is 30.3 Å². The van der Waals surface area contributed by atoms with E-state index in [9.17, 15) is 9.59 Å². The molecule has 1 atom stereocenters. The van der Waals surface area contributed by atoms with Gasteiger partial charge in [-0.15, -0.1) is 0 Å². The summed E-state index contributed by atoms with van der Waals surface area (Å²) in [6, 6.07) is 7.82. The van der Waals surface area contributed by atoms with E-state index in [2.05, 4.69) is 5.32 Å². The van der Waals surface area contributed by atoms with Crippen molar-refractivity contribution in [2.24, 2.45) is 5.73 Å². The molecule has 4 N–H and O–H groups in total. The molecule has 0 fully saturated rings. The van der Waals surface area contributed by atoms with Gasteiger partial charge in [0.05, 0.1) is 6.61 Å². The Bertz CT molecular complexity index is 438. The molecule has 0 radical (unpaired) electrons. The second kappa shape index (κ2) is 9.87. The predicted octanol–water partition coefficient (Wildman–Crippen LogP) is -0.818. The molecular weight excluding hydrogens is 276 g/mol. The number of nitrogens with two attached hydrogens (primary N) is 1. The van der Waals surface area contributed by atoms with E-state index in [1.807, 2.05) is 18.2 Å². The lowest BCUT2D eigenvalue weighted by Crippen LogP contribution is -2.46. The molecule has 1 aromatic rings. The lowest BCUT2D eigenvalue weighted by atomic mass is 10.2. The summed E-state index contributed by atoms with van der Waals surface area (Å²) in [5.41, 5.74) is 6.04. The maximum absolute atomic E-state index is 11.9. The molecule has 1 aromatic carbocycles. The minimum absolute atomic E-state index is 0.0160. The van der Waals surface area contributed by atoms with E-state index in [1.165, 1.54) is 0 Å². The summed E-state index contributed by atoms with van der Waals surface area (Å²) in [6.45, 7) is 0.0935. The first-order valence-electron chi connectivity index (χ1n) is 6.60. The number of ether oxygens (including phenoxy) is 2. The molecule has 21 heavy (non-hydrogen) atoms. The minimum atomic E-state index is -1.27. The van der Waals surface area contributed by atoms with Crippen molar-refractivity contribution in [2.45, 2.75) is 12.6 Å². The molecule has 0 aliphatic carbocycles. The monoisotopic (exact) mass is 296 g/mol. The lowest BCUT2D eigenvalue weighted by molar-refractivity contribution is -0.159. The molecule has 0 aliphatic rings. The quantitative estimate of drug-likeness (QED) is 0.403. The molecule has 116 valence electrons. The first kappa shape index (κ1) is 17.1. The van der Waals surface area contributed by atoms with Gasteiger partial charge in [0.2, 0.25) is 6.04 Å². The Labute approximate surface area is 123 Å². The highest BCUT2D eigenvalue weighted by Gasteiger charge is 2.29. The third-order valence-corrected chi connectivity index (χ3v) is 2.52. The van der Waals surface area contributed by atoms with Crippen molar-refractivity contribution < 1.29 is 24.2 Å². The van der Waals surface area contributed by atoms with E-state index in [4.69, 9.17) is 20.3 Å². The molecule has 0 saturated carbocycles. The van der Waals surface area contributed by atoms with Gasteiger partial charge >= 0.3 is 11.9 Å². The number of carbonyl (C=O) groups is 2. The van der Waals surface area contributed by atoms with Crippen LogP contribution in [0.5, 0.6) is 0 Å². The van der Waals surface area contributed by atoms with Crippen LogP contribution in [0.25, 0.3) is 0 Å². The highest BCUT2D eigenvalue weighted by atomic mass is 16.6. The summed E-state index contributed by atoms with van der Waals surface area (Å²) >= 11 is 0. The predicted molar refractivity (Wildman–Crippen MR) is 75.1 cm³/mol. The molecule has 0 aromatic heterocycles. The van der Waals surface area contributed by atoms with Crippen molar-refractivity contribution in [3.63, 3.8) is 0 Å². The molecule has 7 heteroatoms. The van der Waals surface area contributed by atoms with E-state index < -0.39 is 18.0 Å². The van der Waals surface area contributed by atoms with Crippen LogP contribution in [0.3, 0.4) is 0 Å². The van der Waals surface area contributed by atoms with Crippen molar-refractivity contribution in [1.29, 1.82) is 0 Å². The van der Waals surface area contributed by atoms with Gasteiger partial charge in [-0.3, -0.25) is 5.32 Å². The molecule has 0 amide bonds. The molecule has 0 aliphatic heterocycles. The Morgan fingerprint density at radius 1 is 1.19 bits per heavy atom. The Morgan fingerprint density at radius 2 is 1.86 bits per heavy atom. The van der Waals surface area contributed by atoms with Gasteiger partial charge in [-0.2, -0.15) is 0 Å². The average Bonchev–Trinajstić information content (AvgIpc) is 2.52. The van der Waals surface area contributed by atoms with Gasteiger partial charge in [-0.1, -0.05) is 30.3 Å². The fourth-order valence-electron chi connectivity index (χ4n) is 1.53. The average molecular weight is 296 g/mol. The van der Waals surface area contributed by atoms with Crippen molar-refractivity contribution in [2.75, 3.05) is 26.3 Å². The normalized spacial score (nSPS) is 11.7. The summed E-state index contributed by atoms with van der Waals surface area (Å²) < 4.78 is 9.89. The standard InChI is InChI=1S/C14H20N2O5/c15-6-9-20-13(18)12(16-7-8-17)14(19)21-10-11-4-2-1-3-5-11/h1-5,12,16-17H,6-10,15H2. The first-order chi connectivity index (χ1) is 10.2. The van der Waals surface area contributed by atoms with Crippen LogP contribution in [0.1, 0.15) is 5.56 Å². The number of hydrogen-bond donors (Lipinski definition) is 3. The third kappa shape index (κ3) is 6.35. The second-order valence-electron chi connectivity index (χ2n) is 4.16. The zero-order valence-corrected chi connectivity index (χ0v) is 11.7. The van der Waals surface area contributed by atoms with Gasteiger partial charge in [0.1, 0.15) is 13.2 Å². The van der Waals surface area contributed by atoms with Gasteiger partial charge in [-0.05, 0) is 5.56 Å². The van der Waals surface area contributed by atoms with E-state index in [0.717, 1.165) is 5.56 Å². The van der Waals surface area contributed by atoms with E-state index in [1.54, 1.807) is 12.1 Å². The summed E-state index contributed by atoms with van der Waals surface area (Å²) in [4.78, 5) is 23.7. The number of aliphatic hydroxyl groups is 1. The van der Waals surface area contributed by atoms with E-state index >= 15 is 0 Å². The van der Waals surface area contributed by atoms with Gasteiger partial charge in [0.25, 0.3) is 0 Å². The molecule has 0 saturated heterocycles. The van der Waals surface area contributed by atoms with Gasteiger partial charge in [0, 0.05) is 13.1 Å². The Kier molecular flexibility index (Phi) is 8.03. The highest BCUT2D eigenvalue weighted by molar-refractivity contribution is 5.99. The van der Waals surface area contributed by atoms with Gasteiger partial charge < -0.3 is 20.3 Å². The zero-order valence-electron chi connectivity index (χ0n) is 11.7. The van der Waals surface area contributed by atoms with Gasteiger partial charge in [-0.25, -0.2) is 9.59 Å². The van der Waals surface area contributed by atoms with Crippen LogP contribution in [-0.4, -0.2) is 49.4 Å². The molecule has 0 heterocycles. The SMILES string of the molecule is NCCOC(=O)C(NCCO)C(=O)OCc1ccccc1. The van der Waals surface area contributed by atoms with Crippen LogP contribution in [-0.2, 0) is 25.7 Å². The Balaban J connectivity index is 2.55. The second-order valence-corrected chi connectivity index (χ2v) is 4.16. The van der Waals surface area contributed by atoms with Gasteiger partial charge in [0.15, 0.2) is 0 Å². The third-order valence-electron chi connectivity index (χ3n) is 2.52. The van der Waals surface area contributed by atoms with Crippen LogP contribution in [0, 0.1) is 0 Å². The van der Waals surface area contributed by atoms with Crippen molar-refractivity contribution in [1.82, 2.24) is 5.32 Å². The molecule has 1 unspecified atom stereocenters. The number of nitrogens with one attached hydrogen (secondary N) is 1. The number of carbonyl (C=O) groups excluding carboxylic acids is 2. The minimum Gasteiger partial charge on any atom is -0.463 e. The van der Waals surface area contributed by atoms with Crippen LogP contribution in [0.4, 0.5) is 0 Å². The van der Waals surface area contributed by atoms with E-state index in [-0.39, 0.29) is 32.9 Å². The number of benzene rings is 1. The Morgan fingerprint density at radius 3 is 2.48 bits per heavy atom. The topological polar surface area (TPSA) is 111 Å². The fraction of sp³-hybridized carbons (Fsp3) is 0.429. The summed E-state index contributed by atoms with van der Waals surface area (Å²) in [5, 5.41) is 11.4. The van der Waals surface area contributed by atoms with Crippen LogP contribution >= 0.6 is 0 Å². The molecule has 7 nitrogen and oxygen atoms in total. The molecule has 1 rings (SSSR count). The smallest absolute Gasteiger partial charge is 0.335 e. The van der Waals surface area contributed by atoms with E-state index in [0.29, 0.717) is 0 Å².